The summed E-state index contributed by atoms with van der Waals surface area (Å²) in [5.41, 5.74) is 0.575. The van der Waals surface area contributed by atoms with E-state index in [1.54, 1.807) is 7.11 Å². The van der Waals surface area contributed by atoms with Gasteiger partial charge in [0, 0.05) is 12.8 Å². The molecule has 5 nitrogen and oxygen atoms in total. The first kappa shape index (κ1) is 21.4. The zero-order chi connectivity index (χ0) is 22.1. The zero-order valence-corrected chi connectivity index (χ0v) is 19.5. The summed E-state index contributed by atoms with van der Waals surface area (Å²) >= 11 is 0. The highest BCUT2D eigenvalue weighted by Crippen LogP contribution is 2.67. The summed E-state index contributed by atoms with van der Waals surface area (Å²) in [6.07, 6.45) is 7.11. The molecule has 1 aliphatic heterocycles. The second-order valence-electron chi connectivity index (χ2n) is 11.6. The van der Waals surface area contributed by atoms with Gasteiger partial charge in [-0.3, -0.25) is 0 Å². The van der Waals surface area contributed by atoms with E-state index in [2.05, 4.69) is 31.2 Å². The molecular weight excluding hydrogens is 404 g/mol. The molecule has 5 heteroatoms. The maximum Gasteiger partial charge on any atom is 0.171 e. The van der Waals surface area contributed by atoms with Gasteiger partial charge in [-0.25, -0.2) is 0 Å². The largest absolute Gasteiger partial charge is 0.497 e. The molecule has 5 fully saturated rings. The van der Waals surface area contributed by atoms with E-state index >= 15 is 0 Å². The van der Waals surface area contributed by atoms with Crippen molar-refractivity contribution in [2.75, 3.05) is 20.3 Å². The molecule has 1 spiro atoms. The Morgan fingerprint density at radius 2 is 1.72 bits per heavy atom. The van der Waals surface area contributed by atoms with Crippen LogP contribution in [0.1, 0.15) is 69.8 Å². The zero-order valence-electron chi connectivity index (χ0n) is 19.5. The molecule has 4 saturated carbocycles. The molecule has 8 atom stereocenters. The number of aliphatic hydroxyl groups is 2. The molecule has 32 heavy (non-hydrogen) atoms. The maximum absolute atomic E-state index is 12.0. The van der Waals surface area contributed by atoms with Crippen molar-refractivity contribution in [1.29, 1.82) is 0 Å². The van der Waals surface area contributed by atoms with Gasteiger partial charge in [-0.05, 0) is 91.2 Å². The van der Waals surface area contributed by atoms with Crippen molar-refractivity contribution in [3.05, 3.63) is 29.8 Å². The highest BCUT2D eigenvalue weighted by atomic mass is 16.7. The van der Waals surface area contributed by atoms with E-state index in [9.17, 15) is 10.2 Å². The van der Waals surface area contributed by atoms with Gasteiger partial charge in [0.25, 0.3) is 0 Å². The van der Waals surface area contributed by atoms with Gasteiger partial charge in [-0.1, -0.05) is 19.1 Å². The van der Waals surface area contributed by atoms with Crippen LogP contribution in [0.2, 0.25) is 0 Å². The van der Waals surface area contributed by atoms with Crippen molar-refractivity contribution in [2.24, 2.45) is 29.1 Å². The molecule has 0 amide bonds. The molecule has 0 unspecified atom stereocenters. The SMILES string of the molecule is COc1ccc([C@H]2C[C@]3(C)[C@H](O)CC[C@@H]3[C@@H]3CC[C@@]4(O)CC5(CC[C@@H]4[C@H]32)OCCO5)cc1. The Morgan fingerprint density at radius 3 is 2.44 bits per heavy atom. The second-order valence-corrected chi connectivity index (χ2v) is 11.6. The Labute approximate surface area is 191 Å². The van der Waals surface area contributed by atoms with Crippen LogP contribution in [-0.4, -0.2) is 48.0 Å². The quantitative estimate of drug-likeness (QED) is 0.716. The third kappa shape index (κ3) is 3.04. The number of benzene rings is 1. The molecule has 1 heterocycles. The van der Waals surface area contributed by atoms with Crippen molar-refractivity contribution in [3.8, 4) is 5.75 Å². The van der Waals surface area contributed by atoms with E-state index in [-0.39, 0.29) is 17.4 Å². The van der Waals surface area contributed by atoms with Crippen molar-refractivity contribution in [3.63, 3.8) is 0 Å². The summed E-state index contributed by atoms with van der Waals surface area (Å²) in [6.45, 7) is 3.61. The summed E-state index contributed by atoms with van der Waals surface area (Å²) in [6, 6.07) is 8.56. The number of ether oxygens (including phenoxy) is 3. The van der Waals surface area contributed by atoms with E-state index in [1.807, 2.05) is 0 Å². The van der Waals surface area contributed by atoms with Crippen LogP contribution >= 0.6 is 0 Å². The second kappa shape index (κ2) is 7.43. The molecule has 1 aromatic rings. The summed E-state index contributed by atoms with van der Waals surface area (Å²) in [7, 11) is 1.71. The molecule has 1 saturated heterocycles. The number of aliphatic hydroxyl groups excluding tert-OH is 1. The maximum atomic E-state index is 12.0. The third-order valence-electron chi connectivity index (χ3n) is 10.3. The fourth-order valence-corrected chi connectivity index (χ4v) is 8.89. The van der Waals surface area contributed by atoms with Gasteiger partial charge in [0.05, 0.1) is 32.0 Å². The first-order chi connectivity index (χ1) is 15.4. The molecule has 0 bridgehead atoms. The van der Waals surface area contributed by atoms with Crippen molar-refractivity contribution >= 4 is 0 Å². The van der Waals surface area contributed by atoms with Gasteiger partial charge in [0.15, 0.2) is 5.79 Å². The summed E-state index contributed by atoms with van der Waals surface area (Å²) < 4.78 is 17.5. The van der Waals surface area contributed by atoms with Crippen molar-refractivity contribution < 1.29 is 24.4 Å². The van der Waals surface area contributed by atoms with Gasteiger partial charge >= 0.3 is 0 Å². The van der Waals surface area contributed by atoms with E-state index < -0.39 is 11.4 Å². The third-order valence-corrected chi connectivity index (χ3v) is 10.3. The van der Waals surface area contributed by atoms with Crippen LogP contribution in [0.3, 0.4) is 0 Å². The lowest BCUT2D eigenvalue weighted by Crippen LogP contribution is -2.61. The van der Waals surface area contributed by atoms with Gasteiger partial charge in [0.1, 0.15) is 5.75 Å². The molecule has 0 aromatic heterocycles. The van der Waals surface area contributed by atoms with E-state index in [0.717, 1.165) is 50.7 Å². The highest BCUT2D eigenvalue weighted by Gasteiger charge is 2.64. The Morgan fingerprint density at radius 1 is 0.969 bits per heavy atom. The molecule has 176 valence electrons. The van der Waals surface area contributed by atoms with Gasteiger partial charge in [0.2, 0.25) is 0 Å². The minimum Gasteiger partial charge on any atom is -0.497 e. The van der Waals surface area contributed by atoms with Gasteiger partial charge in [-0.2, -0.15) is 0 Å². The number of rotatable bonds is 2. The predicted molar refractivity (Wildman–Crippen MR) is 120 cm³/mol. The van der Waals surface area contributed by atoms with E-state index in [0.29, 0.717) is 43.3 Å². The molecule has 1 aromatic carbocycles. The fourth-order valence-electron chi connectivity index (χ4n) is 8.89. The number of hydrogen-bond donors (Lipinski definition) is 2. The number of hydrogen-bond acceptors (Lipinski definition) is 5. The minimum atomic E-state index is -0.723. The summed E-state index contributed by atoms with van der Waals surface area (Å²) in [4.78, 5) is 0. The molecule has 0 radical (unpaired) electrons. The van der Waals surface area contributed by atoms with Gasteiger partial charge < -0.3 is 24.4 Å². The Bertz CT molecular complexity index is 848. The van der Waals surface area contributed by atoms with Crippen LogP contribution in [0.25, 0.3) is 0 Å². The van der Waals surface area contributed by atoms with Crippen LogP contribution in [0.15, 0.2) is 24.3 Å². The van der Waals surface area contributed by atoms with Crippen molar-refractivity contribution in [1.82, 2.24) is 0 Å². The number of methoxy groups -OCH3 is 1. The average molecular weight is 443 g/mol. The van der Waals surface area contributed by atoms with E-state index in [1.165, 1.54) is 5.56 Å². The van der Waals surface area contributed by atoms with Crippen LogP contribution in [0, 0.1) is 29.1 Å². The topological polar surface area (TPSA) is 68.2 Å². The molecule has 2 N–H and O–H groups in total. The van der Waals surface area contributed by atoms with Crippen LogP contribution in [0.4, 0.5) is 0 Å². The molecule has 5 aliphatic rings. The Balaban J connectivity index is 1.39. The molecule has 4 aliphatic carbocycles. The lowest BCUT2D eigenvalue weighted by atomic mass is 9.45. The fraction of sp³-hybridized carbons (Fsp3) is 0.778. The Kier molecular flexibility index (Phi) is 4.97. The van der Waals surface area contributed by atoms with Crippen molar-refractivity contribution in [2.45, 2.75) is 81.7 Å². The summed E-state index contributed by atoms with van der Waals surface area (Å²) in [5, 5.41) is 23.1. The lowest BCUT2D eigenvalue weighted by Gasteiger charge is -2.62. The standard InChI is InChI=1S/C27H38O5/c1-25-15-20(17-3-5-18(30-2)6-4-17)24-19(21(25)7-8-23(25)28)9-11-26(29)16-27(12-10-22(24)26)31-13-14-32-27/h3-6,19-24,28-29H,7-16H2,1-2H3/t19-,20+,21+,22+,23+,24+,25-,26+/m0/s1. The smallest absolute Gasteiger partial charge is 0.171 e. The normalized spacial score (nSPS) is 47.0. The first-order valence-electron chi connectivity index (χ1n) is 12.7. The molecular formula is C27H38O5. The monoisotopic (exact) mass is 442 g/mol. The van der Waals surface area contributed by atoms with E-state index in [4.69, 9.17) is 14.2 Å². The first-order valence-corrected chi connectivity index (χ1v) is 12.7. The minimum absolute atomic E-state index is 0.0330. The van der Waals surface area contributed by atoms with Crippen LogP contribution in [0.5, 0.6) is 5.75 Å². The Hall–Kier alpha value is -1.14. The average Bonchev–Trinajstić information content (AvgIpc) is 3.36. The summed E-state index contributed by atoms with van der Waals surface area (Å²) in [5.74, 6) is 2.45. The van der Waals surface area contributed by atoms with Crippen LogP contribution in [-0.2, 0) is 9.47 Å². The molecule has 6 rings (SSSR count). The lowest BCUT2D eigenvalue weighted by molar-refractivity contribution is -0.258. The highest BCUT2D eigenvalue weighted by molar-refractivity contribution is 5.32. The van der Waals surface area contributed by atoms with Crippen LogP contribution < -0.4 is 4.74 Å². The predicted octanol–water partition coefficient (Wildman–Crippen LogP) is 4.26. The van der Waals surface area contributed by atoms with Gasteiger partial charge in [-0.15, -0.1) is 0 Å². The number of fused-ring (bicyclic) bond motifs is 5.